The van der Waals surface area contributed by atoms with Gasteiger partial charge in [0.2, 0.25) is 0 Å². The zero-order valence-corrected chi connectivity index (χ0v) is 14.8. The quantitative estimate of drug-likeness (QED) is 0.789. The minimum absolute atomic E-state index is 0.0206. The summed E-state index contributed by atoms with van der Waals surface area (Å²) >= 11 is 0. The maximum atomic E-state index is 11.4. The molecule has 0 spiro atoms. The highest BCUT2D eigenvalue weighted by molar-refractivity contribution is 5.78. The van der Waals surface area contributed by atoms with Crippen LogP contribution in [0, 0.1) is 5.41 Å². The first-order chi connectivity index (χ1) is 11.1. The Kier molecular flexibility index (Phi) is 4.12. The molecule has 0 amide bonds. The fraction of sp³-hybridized carbons (Fsp3) is 0.632. The Morgan fingerprint density at radius 1 is 1.38 bits per heavy atom. The Bertz CT molecular complexity index is 645. The predicted octanol–water partition coefficient (Wildman–Crippen LogP) is 2.62. The van der Waals surface area contributed by atoms with Gasteiger partial charge in [-0.1, -0.05) is 32.9 Å². The molecular formula is C19H27NO4. The molecule has 0 radical (unpaired) electrons. The van der Waals surface area contributed by atoms with Gasteiger partial charge in [-0.05, 0) is 36.8 Å². The van der Waals surface area contributed by atoms with Gasteiger partial charge in [-0.3, -0.25) is 4.79 Å². The maximum absolute atomic E-state index is 11.4. The number of aliphatic carboxylic acids is 1. The standard InChI is InChI=1S/C19H27NO4/c1-11(19(7-8-19)17(22)23)20-14-10-24-15-9-12(18(2,3)4)5-6-13(15)16(14)21/h5-6,9,11,14,16,20-21H,7-8,10H2,1-4H3,(H,22,23)/t11?,14-,16+/m1/s1. The van der Waals surface area contributed by atoms with Crippen LogP contribution >= 0.6 is 0 Å². The van der Waals surface area contributed by atoms with E-state index in [1.165, 1.54) is 0 Å². The van der Waals surface area contributed by atoms with Crippen molar-refractivity contribution in [2.45, 2.75) is 64.1 Å². The Morgan fingerprint density at radius 3 is 2.58 bits per heavy atom. The van der Waals surface area contributed by atoms with Gasteiger partial charge in [-0.25, -0.2) is 0 Å². The number of carbonyl (C=O) groups is 1. The predicted molar refractivity (Wildman–Crippen MR) is 91.3 cm³/mol. The molecule has 2 aliphatic rings. The SMILES string of the molecule is CC(N[C@@H]1COc2cc(C(C)(C)C)ccc2[C@@H]1O)C1(C(=O)O)CC1. The molecule has 0 saturated heterocycles. The second-order valence-electron chi connectivity index (χ2n) is 8.21. The molecule has 1 aliphatic carbocycles. The molecule has 1 aliphatic heterocycles. The molecule has 1 aromatic rings. The van der Waals surface area contributed by atoms with E-state index in [2.05, 4.69) is 26.1 Å². The van der Waals surface area contributed by atoms with E-state index in [1.54, 1.807) is 0 Å². The lowest BCUT2D eigenvalue weighted by molar-refractivity contribution is -0.144. The van der Waals surface area contributed by atoms with Gasteiger partial charge in [0.15, 0.2) is 0 Å². The topological polar surface area (TPSA) is 78.8 Å². The van der Waals surface area contributed by atoms with Crippen LogP contribution in [0.4, 0.5) is 0 Å². The van der Waals surface area contributed by atoms with E-state index in [4.69, 9.17) is 4.74 Å². The lowest BCUT2D eigenvalue weighted by atomic mass is 9.85. The Balaban J connectivity index is 1.75. The van der Waals surface area contributed by atoms with Gasteiger partial charge in [-0.15, -0.1) is 0 Å². The summed E-state index contributed by atoms with van der Waals surface area (Å²) in [5.74, 6) is -0.0380. The van der Waals surface area contributed by atoms with Gasteiger partial charge in [0.1, 0.15) is 18.5 Å². The summed E-state index contributed by atoms with van der Waals surface area (Å²) in [5, 5.41) is 23.4. The summed E-state index contributed by atoms with van der Waals surface area (Å²) in [7, 11) is 0. The molecule has 0 aromatic heterocycles. The highest BCUT2D eigenvalue weighted by Crippen LogP contribution is 2.49. The number of benzene rings is 1. The van der Waals surface area contributed by atoms with Crippen LogP contribution in [0.2, 0.25) is 0 Å². The number of hydrogen-bond acceptors (Lipinski definition) is 4. The van der Waals surface area contributed by atoms with Crippen molar-refractivity contribution in [1.82, 2.24) is 5.32 Å². The zero-order chi connectivity index (χ0) is 17.7. The number of fused-ring (bicyclic) bond motifs is 1. The number of aliphatic hydroxyl groups is 1. The Hall–Kier alpha value is -1.59. The number of ether oxygens (including phenoxy) is 1. The van der Waals surface area contributed by atoms with Crippen LogP contribution in [0.15, 0.2) is 18.2 Å². The van der Waals surface area contributed by atoms with Crippen LogP contribution in [-0.4, -0.2) is 34.9 Å². The van der Waals surface area contributed by atoms with Crippen molar-refractivity contribution < 1.29 is 19.7 Å². The van der Waals surface area contributed by atoms with Gasteiger partial charge in [0.05, 0.1) is 11.5 Å². The van der Waals surface area contributed by atoms with Crippen molar-refractivity contribution in [2.75, 3.05) is 6.61 Å². The monoisotopic (exact) mass is 333 g/mol. The molecule has 1 unspecified atom stereocenters. The van der Waals surface area contributed by atoms with E-state index >= 15 is 0 Å². The summed E-state index contributed by atoms with van der Waals surface area (Å²) < 4.78 is 5.87. The Labute approximate surface area is 143 Å². The fourth-order valence-corrected chi connectivity index (χ4v) is 3.44. The normalized spacial score (nSPS) is 26.2. The lowest BCUT2D eigenvalue weighted by Gasteiger charge is -2.35. The third-order valence-corrected chi connectivity index (χ3v) is 5.51. The molecule has 3 atom stereocenters. The number of carboxylic acid groups (broad SMARTS) is 1. The maximum Gasteiger partial charge on any atom is 0.311 e. The van der Waals surface area contributed by atoms with E-state index in [9.17, 15) is 15.0 Å². The summed E-state index contributed by atoms with van der Waals surface area (Å²) in [5.41, 5.74) is 1.26. The minimum atomic E-state index is -0.760. The van der Waals surface area contributed by atoms with Crippen LogP contribution in [0.3, 0.4) is 0 Å². The minimum Gasteiger partial charge on any atom is -0.491 e. The second kappa shape index (κ2) is 5.74. The molecule has 1 heterocycles. The van der Waals surface area contributed by atoms with Crippen LogP contribution in [0.1, 0.15) is 57.8 Å². The van der Waals surface area contributed by atoms with E-state index < -0.39 is 17.5 Å². The van der Waals surface area contributed by atoms with Crippen molar-refractivity contribution in [2.24, 2.45) is 5.41 Å². The summed E-state index contributed by atoms with van der Waals surface area (Å²) in [6, 6.07) is 5.44. The second-order valence-corrected chi connectivity index (χ2v) is 8.21. The van der Waals surface area contributed by atoms with E-state index in [0.717, 1.165) is 16.9 Å². The molecule has 5 nitrogen and oxygen atoms in total. The molecular weight excluding hydrogens is 306 g/mol. The van der Waals surface area contributed by atoms with Crippen molar-refractivity contribution in [3.05, 3.63) is 29.3 Å². The van der Waals surface area contributed by atoms with Crippen LogP contribution in [0.25, 0.3) is 0 Å². The fourth-order valence-electron chi connectivity index (χ4n) is 3.44. The van der Waals surface area contributed by atoms with Crippen molar-refractivity contribution in [1.29, 1.82) is 0 Å². The third kappa shape index (κ3) is 2.91. The van der Waals surface area contributed by atoms with E-state index in [-0.39, 0.29) is 17.5 Å². The third-order valence-electron chi connectivity index (χ3n) is 5.51. The molecule has 5 heteroatoms. The van der Waals surface area contributed by atoms with Crippen molar-refractivity contribution in [3.63, 3.8) is 0 Å². The average Bonchev–Trinajstić information content (AvgIpc) is 3.30. The molecule has 24 heavy (non-hydrogen) atoms. The van der Waals surface area contributed by atoms with Crippen LogP contribution in [-0.2, 0) is 10.2 Å². The molecule has 3 rings (SSSR count). The van der Waals surface area contributed by atoms with Crippen molar-refractivity contribution in [3.8, 4) is 5.75 Å². The molecule has 1 fully saturated rings. The number of rotatable bonds is 4. The van der Waals surface area contributed by atoms with Gasteiger partial charge in [0, 0.05) is 11.6 Å². The van der Waals surface area contributed by atoms with Gasteiger partial charge >= 0.3 is 5.97 Å². The molecule has 0 bridgehead atoms. The van der Waals surface area contributed by atoms with Gasteiger partial charge in [-0.2, -0.15) is 0 Å². The van der Waals surface area contributed by atoms with Crippen molar-refractivity contribution >= 4 is 5.97 Å². The number of nitrogens with one attached hydrogen (secondary N) is 1. The largest absolute Gasteiger partial charge is 0.491 e. The molecule has 1 aromatic carbocycles. The number of aliphatic hydroxyl groups excluding tert-OH is 1. The highest BCUT2D eigenvalue weighted by atomic mass is 16.5. The molecule has 3 N–H and O–H groups in total. The summed E-state index contributed by atoms with van der Waals surface area (Å²) in [4.78, 5) is 11.4. The number of carboxylic acids is 1. The smallest absolute Gasteiger partial charge is 0.311 e. The number of hydrogen-bond donors (Lipinski definition) is 3. The van der Waals surface area contributed by atoms with E-state index in [0.29, 0.717) is 19.4 Å². The highest BCUT2D eigenvalue weighted by Gasteiger charge is 2.55. The molecule has 132 valence electrons. The first-order valence-electron chi connectivity index (χ1n) is 8.60. The first-order valence-corrected chi connectivity index (χ1v) is 8.60. The Morgan fingerprint density at radius 2 is 2.04 bits per heavy atom. The van der Waals surface area contributed by atoms with Crippen LogP contribution in [0.5, 0.6) is 5.75 Å². The van der Waals surface area contributed by atoms with E-state index in [1.807, 2.05) is 25.1 Å². The van der Waals surface area contributed by atoms with Gasteiger partial charge in [0.25, 0.3) is 0 Å². The summed E-state index contributed by atoms with van der Waals surface area (Å²) in [6.07, 6.45) is 0.673. The lowest BCUT2D eigenvalue weighted by Crippen LogP contribution is -2.51. The zero-order valence-electron chi connectivity index (χ0n) is 14.8. The van der Waals surface area contributed by atoms with Crippen LogP contribution < -0.4 is 10.1 Å². The average molecular weight is 333 g/mol. The summed E-state index contributed by atoms with van der Waals surface area (Å²) in [6.45, 7) is 8.64. The first kappa shape index (κ1) is 17.2. The van der Waals surface area contributed by atoms with Gasteiger partial charge < -0.3 is 20.3 Å². The molecule has 1 saturated carbocycles.